The summed E-state index contributed by atoms with van der Waals surface area (Å²) in [5.41, 5.74) is 2.90. The number of nitrogens with zero attached hydrogens (tertiary/aromatic N) is 1. The highest BCUT2D eigenvalue weighted by molar-refractivity contribution is 5.95. The van der Waals surface area contributed by atoms with Crippen molar-refractivity contribution in [2.45, 2.75) is 32.2 Å². The van der Waals surface area contributed by atoms with Gasteiger partial charge in [0.05, 0.1) is 6.42 Å². The van der Waals surface area contributed by atoms with Crippen LogP contribution in [0.3, 0.4) is 0 Å². The zero-order valence-electron chi connectivity index (χ0n) is 15.1. The molecule has 0 spiro atoms. The average Bonchev–Trinajstić information content (AvgIpc) is 3.07. The minimum absolute atomic E-state index is 0.00244. The van der Waals surface area contributed by atoms with Crippen LogP contribution in [-0.4, -0.2) is 30.9 Å². The van der Waals surface area contributed by atoms with Gasteiger partial charge in [0.15, 0.2) is 0 Å². The van der Waals surface area contributed by atoms with Crippen molar-refractivity contribution >= 4 is 23.2 Å². The molecule has 136 valence electrons. The van der Waals surface area contributed by atoms with Gasteiger partial charge in [-0.3, -0.25) is 9.59 Å². The summed E-state index contributed by atoms with van der Waals surface area (Å²) >= 11 is 0. The topological polar surface area (TPSA) is 61.4 Å². The van der Waals surface area contributed by atoms with Gasteiger partial charge in [0.1, 0.15) is 0 Å². The summed E-state index contributed by atoms with van der Waals surface area (Å²) < 4.78 is 0. The van der Waals surface area contributed by atoms with Crippen LogP contribution in [0.1, 0.15) is 25.3 Å². The molecule has 2 N–H and O–H groups in total. The Morgan fingerprint density at radius 3 is 2.50 bits per heavy atom. The van der Waals surface area contributed by atoms with Crippen LogP contribution in [0.5, 0.6) is 0 Å². The van der Waals surface area contributed by atoms with Gasteiger partial charge in [-0.05, 0) is 43.2 Å². The quantitative estimate of drug-likeness (QED) is 0.806. The van der Waals surface area contributed by atoms with E-state index < -0.39 is 0 Å². The van der Waals surface area contributed by atoms with Crippen molar-refractivity contribution in [3.8, 4) is 0 Å². The summed E-state index contributed by atoms with van der Waals surface area (Å²) in [6.45, 7) is 3.44. The van der Waals surface area contributed by atoms with Crippen molar-refractivity contribution in [3.63, 3.8) is 0 Å². The fourth-order valence-corrected chi connectivity index (χ4v) is 3.10. The second-order valence-electron chi connectivity index (χ2n) is 6.71. The second-order valence-corrected chi connectivity index (χ2v) is 6.71. The number of hydrogen-bond acceptors (Lipinski definition) is 3. The van der Waals surface area contributed by atoms with E-state index in [4.69, 9.17) is 0 Å². The van der Waals surface area contributed by atoms with Crippen LogP contribution in [0, 0.1) is 0 Å². The van der Waals surface area contributed by atoms with Crippen molar-refractivity contribution < 1.29 is 9.59 Å². The number of hydrogen-bond donors (Lipinski definition) is 2. The molecule has 0 aliphatic carbocycles. The smallest absolute Gasteiger partial charge is 0.227 e. The highest BCUT2D eigenvalue weighted by Crippen LogP contribution is 2.21. The second kappa shape index (κ2) is 8.52. The van der Waals surface area contributed by atoms with E-state index in [1.807, 2.05) is 61.5 Å². The van der Waals surface area contributed by atoms with Crippen molar-refractivity contribution in [2.75, 3.05) is 23.3 Å². The molecule has 26 heavy (non-hydrogen) atoms. The number of para-hydroxylation sites is 1. The van der Waals surface area contributed by atoms with Gasteiger partial charge < -0.3 is 15.5 Å². The molecule has 0 aromatic heterocycles. The first kappa shape index (κ1) is 18.0. The number of carbonyl (C=O) groups is 2. The van der Waals surface area contributed by atoms with Gasteiger partial charge in [-0.15, -0.1) is 0 Å². The van der Waals surface area contributed by atoms with Crippen molar-refractivity contribution in [2.24, 2.45) is 0 Å². The van der Waals surface area contributed by atoms with E-state index in [9.17, 15) is 9.59 Å². The Morgan fingerprint density at radius 1 is 1.12 bits per heavy atom. The normalized spacial score (nSPS) is 15.0. The van der Waals surface area contributed by atoms with Crippen molar-refractivity contribution in [1.29, 1.82) is 0 Å². The van der Waals surface area contributed by atoms with Gasteiger partial charge in [0, 0.05) is 36.9 Å². The molecule has 0 radical (unpaired) electrons. The van der Waals surface area contributed by atoms with E-state index in [-0.39, 0.29) is 17.9 Å². The Hall–Kier alpha value is -2.82. The summed E-state index contributed by atoms with van der Waals surface area (Å²) in [7, 11) is 0. The third-order valence-electron chi connectivity index (χ3n) is 4.48. The summed E-state index contributed by atoms with van der Waals surface area (Å²) in [5.74, 6) is 0.174. The van der Waals surface area contributed by atoms with Crippen LogP contribution in [-0.2, 0) is 16.0 Å². The third-order valence-corrected chi connectivity index (χ3v) is 4.48. The van der Waals surface area contributed by atoms with E-state index in [0.717, 1.165) is 29.9 Å². The van der Waals surface area contributed by atoms with E-state index >= 15 is 0 Å². The Morgan fingerprint density at radius 2 is 1.85 bits per heavy atom. The molecule has 1 aliphatic rings. The minimum Gasteiger partial charge on any atom is -0.383 e. The van der Waals surface area contributed by atoms with E-state index in [0.29, 0.717) is 19.4 Å². The van der Waals surface area contributed by atoms with Gasteiger partial charge in [-0.25, -0.2) is 0 Å². The van der Waals surface area contributed by atoms with Gasteiger partial charge in [-0.2, -0.15) is 0 Å². The SMILES string of the molecule is C[C@H](CNc1ccccc1)NC(=O)Cc1ccc(N2CCCC2=O)cc1. The molecule has 2 amide bonds. The molecule has 2 aromatic carbocycles. The number of carbonyl (C=O) groups excluding carboxylic acids is 2. The number of benzene rings is 2. The van der Waals surface area contributed by atoms with Gasteiger partial charge in [-0.1, -0.05) is 30.3 Å². The molecule has 5 nitrogen and oxygen atoms in total. The third kappa shape index (κ3) is 4.85. The Kier molecular flexibility index (Phi) is 5.89. The maximum Gasteiger partial charge on any atom is 0.227 e. The van der Waals surface area contributed by atoms with Crippen LogP contribution in [0.25, 0.3) is 0 Å². The monoisotopic (exact) mass is 351 g/mol. The molecule has 0 unspecified atom stereocenters. The summed E-state index contributed by atoms with van der Waals surface area (Å²) in [4.78, 5) is 25.8. The molecule has 0 saturated carbocycles. The Balaban J connectivity index is 1.46. The van der Waals surface area contributed by atoms with Crippen LogP contribution >= 0.6 is 0 Å². The van der Waals surface area contributed by atoms with Crippen LogP contribution in [0.15, 0.2) is 54.6 Å². The largest absolute Gasteiger partial charge is 0.383 e. The summed E-state index contributed by atoms with van der Waals surface area (Å²) in [6, 6.07) is 17.7. The molecule has 1 fully saturated rings. The number of amides is 2. The lowest BCUT2D eigenvalue weighted by atomic mass is 10.1. The highest BCUT2D eigenvalue weighted by Gasteiger charge is 2.21. The molecule has 2 aromatic rings. The maximum atomic E-state index is 12.2. The van der Waals surface area contributed by atoms with E-state index in [2.05, 4.69) is 10.6 Å². The standard InChI is InChI=1S/C21H25N3O2/c1-16(15-22-18-6-3-2-4-7-18)23-20(25)14-17-9-11-19(12-10-17)24-13-5-8-21(24)26/h2-4,6-7,9-12,16,22H,5,8,13-15H2,1H3,(H,23,25)/t16-/m1/s1. The lowest BCUT2D eigenvalue weighted by Crippen LogP contribution is -2.38. The molecule has 0 bridgehead atoms. The predicted molar refractivity (Wildman–Crippen MR) is 104 cm³/mol. The van der Waals surface area contributed by atoms with E-state index in [1.165, 1.54) is 0 Å². The summed E-state index contributed by atoms with van der Waals surface area (Å²) in [6.07, 6.45) is 1.88. The lowest BCUT2D eigenvalue weighted by Gasteiger charge is -2.17. The Labute approximate surface area is 154 Å². The van der Waals surface area contributed by atoms with Gasteiger partial charge in [0.25, 0.3) is 0 Å². The predicted octanol–water partition coefficient (Wildman–Crippen LogP) is 2.97. The van der Waals surface area contributed by atoms with Crippen LogP contribution in [0.4, 0.5) is 11.4 Å². The van der Waals surface area contributed by atoms with Crippen molar-refractivity contribution in [3.05, 3.63) is 60.2 Å². The molecule has 1 heterocycles. The fourth-order valence-electron chi connectivity index (χ4n) is 3.10. The Bertz CT molecular complexity index is 744. The number of rotatable bonds is 7. The molecule has 3 rings (SSSR count). The number of nitrogens with one attached hydrogen (secondary N) is 2. The zero-order chi connectivity index (χ0) is 18.4. The molecule has 1 atom stereocenters. The number of anilines is 2. The van der Waals surface area contributed by atoms with Gasteiger partial charge in [0.2, 0.25) is 11.8 Å². The first-order chi connectivity index (χ1) is 12.6. The molecule has 1 aliphatic heterocycles. The highest BCUT2D eigenvalue weighted by atomic mass is 16.2. The molecular weight excluding hydrogens is 326 g/mol. The fraction of sp³-hybridized carbons (Fsp3) is 0.333. The average molecular weight is 351 g/mol. The van der Waals surface area contributed by atoms with Crippen LogP contribution in [0.2, 0.25) is 0 Å². The van der Waals surface area contributed by atoms with Gasteiger partial charge >= 0.3 is 0 Å². The molecule has 5 heteroatoms. The van der Waals surface area contributed by atoms with E-state index in [1.54, 1.807) is 4.90 Å². The van der Waals surface area contributed by atoms with Crippen LogP contribution < -0.4 is 15.5 Å². The molecular formula is C21H25N3O2. The maximum absolute atomic E-state index is 12.2. The first-order valence-corrected chi connectivity index (χ1v) is 9.09. The van der Waals surface area contributed by atoms with Crippen molar-refractivity contribution in [1.82, 2.24) is 5.32 Å². The first-order valence-electron chi connectivity index (χ1n) is 9.09. The minimum atomic E-state index is -0.00244. The lowest BCUT2D eigenvalue weighted by molar-refractivity contribution is -0.121. The summed E-state index contributed by atoms with van der Waals surface area (Å²) in [5, 5.41) is 6.31. The zero-order valence-corrected chi connectivity index (χ0v) is 15.1. The molecule has 1 saturated heterocycles.